The minimum Gasteiger partial charge on any atom is -0.449 e. The number of imidazole rings is 1. The van der Waals surface area contributed by atoms with Crippen LogP contribution in [0.1, 0.15) is 40.7 Å². The van der Waals surface area contributed by atoms with E-state index in [-0.39, 0.29) is 5.91 Å². The highest BCUT2D eigenvalue weighted by atomic mass is 16.5. The number of aryl methyl sites for hydroxylation is 3. The predicted octanol–water partition coefficient (Wildman–Crippen LogP) is 4.58. The molecule has 29 heavy (non-hydrogen) atoms. The van der Waals surface area contributed by atoms with Crippen LogP contribution in [0, 0.1) is 20.8 Å². The van der Waals surface area contributed by atoms with E-state index in [2.05, 4.69) is 15.3 Å². The summed E-state index contributed by atoms with van der Waals surface area (Å²) in [5, 5.41) is 2.80. The van der Waals surface area contributed by atoms with Crippen LogP contribution in [0.4, 0.5) is 5.69 Å². The number of aromatic nitrogens is 2. The van der Waals surface area contributed by atoms with Crippen LogP contribution in [0.25, 0.3) is 11.4 Å². The van der Waals surface area contributed by atoms with Gasteiger partial charge in [-0.05, 0) is 57.0 Å². The van der Waals surface area contributed by atoms with E-state index in [1.807, 2.05) is 51.1 Å². The molecule has 2 aromatic carbocycles. The standard InChI is InChI=1S/C23H25N3O3/c1-5-20(22(27)26-19-8-6-7-14(2)13-19)29-23(28)18-11-9-17(10-12-18)21-24-15(3)16(4)25-21/h6-13,20H,5H2,1-4H3,(H,24,25)(H,26,27). The van der Waals surface area contributed by atoms with Gasteiger partial charge in [0.2, 0.25) is 0 Å². The van der Waals surface area contributed by atoms with Crippen LogP contribution >= 0.6 is 0 Å². The van der Waals surface area contributed by atoms with E-state index in [0.29, 0.717) is 17.7 Å². The molecule has 6 heteroatoms. The zero-order chi connectivity index (χ0) is 21.0. The summed E-state index contributed by atoms with van der Waals surface area (Å²) in [5.41, 5.74) is 4.92. The third kappa shape index (κ3) is 4.90. The van der Waals surface area contributed by atoms with Crippen molar-refractivity contribution in [2.75, 3.05) is 5.32 Å². The minimum absolute atomic E-state index is 0.343. The fourth-order valence-corrected chi connectivity index (χ4v) is 2.91. The summed E-state index contributed by atoms with van der Waals surface area (Å²) in [6.07, 6.45) is -0.482. The Bertz CT molecular complexity index is 1000. The second-order valence-corrected chi connectivity index (χ2v) is 7.03. The number of nitrogens with one attached hydrogen (secondary N) is 2. The van der Waals surface area contributed by atoms with Crippen molar-refractivity contribution in [1.29, 1.82) is 0 Å². The average Bonchev–Trinajstić information content (AvgIpc) is 3.04. The van der Waals surface area contributed by atoms with Gasteiger partial charge in [-0.25, -0.2) is 9.78 Å². The molecular formula is C23H25N3O3. The van der Waals surface area contributed by atoms with Gasteiger partial charge in [-0.1, -0.05) is 31.2 Å². The SMILES string of the molecule is CCC(OC(=O)c1ccc(-c2nc(C)c(C)[nH]2)cc1)C(=O)Nc1cccc(C)c1. The van der Waals surface area contributed by atoms with Gasteiger partial charge < -0.3 is 15.0 Å². The van der Waals surface area contributed by atoms with Gasteiger partial charge in [-0.15, -0.1) is 0 Å². The van der Waals surface area contributed by atoms with Gasteiger partial charge in [-0.3, -0.25) is 4.79 Å². The molecule has 0 saturated carbocycles. The van der Waals surface area contributed by atoms with Crippen LogP contribution in [0.15, 0.2) is 48.5 Å². The maximum Gasteiger partial charge on any atom is 0.338 e. The van der Waals surface area contributed by atoms with Gasteiger partial charge in [0.25, 0.3) is 5.91 Å². The lowest BCUT2D eigenvalue weighted by atomic mass is 10.1. The molecule has 0 saturated heterocycles. The molecule has 1 heterocycles. The molecular weight excluding hydrogens is 366 g/mol. The Balaban J connectivity index is 1.66. The Morgan fingerprint density at radius 2 is 1.83 bits per heavy atom. The van der Waals surface area contributed by atoms with Gasteiger partial charge >= 0.3 is 5.97 Å². The van der Waals surface area contributed by atoms with Crippen LogP contribution in [-0.2, 0) is 9.53 Å². The molecule has 3 aromatic rings. The fraction of sp³-hybridized carbons (Fsp3) is 0.261. The number of rotatable bonds is 6. The first-order valence-electron chi connectivity index (χ1n) is 9.59. The zero-order valence-electron chi connectivity index (χ0n) is 17.1. The third-order valence-electron chi connectivity index (χ3n) is 4.72. The van der Waals surface area contributed by atoms with Crippen LogP contribution in [-0.4, -0.2) is 27.9 Å². The lowest BCUT2D eigenvalue weighted by molar-refractivity contribution is -0.124. The smallest absolute Gasteiger partial charge is 0.338 e. The number of carbonyl (C=O) groups is 2. The van der Waals surface area contributed by atoms with Crippen molar-refractivity contribution in [2.45, 2.75) is 40.2 Å². The summed E-state index contributed by atoms with van der Waals surface area (Å²) >= 11 is 0. The number of amides is 1. The highest BCUT2D eigenvalue weighted by Gasteiger charge is 2.22. The van der Waals surface area contributed by atoms with E-state index < -0.39 is 12.1 Å². The van der Waals surface area contributed by atoms with Gasteiger partial charge in [0.1, 0.15) is 5.82 Å². The lowest BCUT2D eigenvalue weighted by Crippen LogP contribution is -2.32. The fourth-order valence-electron chi connectivity index (χ4n) is 2.91. The number of nitrogens with zero attached hydrogens (tertiary/aromatic N) is 1. The first-order valence-corrected chi connectivity index (χ1v) is 9.59. The highest BCUT2D eigenvalue weighted by Crippen LogP contribution is 2.19. The van der Waals surface area contributed by atoms with E-state index in [1.54, 1.807) is 25.1 Å². The monoisotopic (exact) mass is 391 g/mol. The number of anilines is 1. The molecule has 1 aromatic heterocycles. The summed E-state index contributed by atoms with van der Waals surface area (Å²) in [6, 6.07) is 14.4. The van der Waals surface area contributed by atoms with Crippen molar-refractivity contribution in [3.63, 3.8) is 0 Å². The summed E-state index contributed by atoms with van der Waals surface area (Å²) in [4.78, 5) is 32.7. The van der Waals surface area contributed by atoms with Crippen LogP contribution in [0.2, 0.25) is 0 Å². The predicted molar refractivity (Wildman–Crippen MR) is 113 cm³/mol. The second kappa shape index (κ2) is 8.73. The summed E-state index contributed by atoms with van der Waals surface area (Å²) in [5.74, 6) is -0.122. The van der Waals surface area contributed by atoms with E-state index >= 15 is 0 Å². The maximum absolute atomic E-state index is 12.5. The Kier molecular flexibility index (Phi) is 6.12. The summed E-state index contributed by atoms with van der Waals surface area (Å²) < 4.78 is 5.44. The molecule has 2 N–H and O–H groups in total. The van der Waals surface area contributed by atoms with Gasteiger partial charge in [0, 0.05) is 16.9 Å². The number of esters is 1. The molecule has 0 aliphatic heterocycles. The Hall–Kier alpha value is -3.41. The van der Waals surface area contributed by atoms with Crippen molar-refractivity contribution in [3.05, 3.63) is 71.0 Å². The Morgan fingerprint density at radius 3 is 2.41 bits per heavy atom. The molecule has 1 amide bonds. The number of hydrogen-bond acceptors (Lipinski definition) is 4. The molecule has 3 rings (SSSR count). The van der Waals surface area contributed by atoms with Gasteiger partial charge in [0.15, 0.2) is 6.10 Å². The zero-order valence-corrected chi connectivity index (χ0v) is 17.1. The van der Waals surface area contributed by atoms with Crippen molar-refractivity contribution in [2.24, 2.45) is 0 Å². The highest BCUT2D eigenvalue weighted by molar-refractivity contribution is 5.97. The summed E-state index contributed by atoms with van der Waals surface area (Å²) in [7, 11) is 0. The Labute approximate surface area is 170 Å². The van der Waals surface area contributed by atoms with E-state index in [4.69, 9.17) is 4.74 Å². The molecule has 0 radical (unpaired) electrons. The van der Waals surface area contributed by atoms with E-state index in [1.165, 1.54) is 0 Å². The summed E-state index contributed by atoms with van der Waals surface area (Å²) in [6.45, 7) is 7.65. The maximum atomic E-state index is 12.5. The first-order chi connectivity index (χ1) is 13.9. The third-order valence-corrected chi connectivity index (χ3v) is 4.72. The molecule has 0 spiro atoms. The first kappa shape index (κ1) is 20.3. The molecule has 0 bridgehead atoms. The Morgan fingerprint density at radius 1 is 1.10 bits per heavy atom. The van der Waals surface area contributed by atoms with Crippen molar-refractivity contribution < 1.29 is 14.3 Å². The number of H-pyrrole nitrogens is 1. The number of benzene rings is 2. The quantitative estimate of drug-likeness (QED) is 0.603. The second-order valence-electron chi connectivity index (χ2n) is 7.03. The minimum atomic E-state index is -0.863. The normalized spacial score (nSPS) is 11.7. The molecule has 0 fully saturated rings. The van der Waals surface area contributed by atoms with E-state index in [9.17, 15) is 9.59 Å². The number of ether oxygens (including phenoxy) is 1. The van der Waals surface area contributed by atoms with E-state index in [0.717, 1.165) is 28.3 Å². The number of hydrogen-bond donors (Lipinski definition) is 2. The number of carbonyl (C=O) groups excluding carboxylic acids is 2. The molecule has 0 aliphatic rings. The lowest BCUT2D eigenvalue weighted by Gasteiger charge is -2.16. The topological polar surface area (TPSA) is 84.1 Å². The largest absolute Gasteiger partial charge is 0.449 e. The van der Waals surface area contributed by atoms with Crippen molar-refractivity contribution in [1.82, 2.24) is 9.97 Å². The van der Waals surface area contributed by atoms with Crippen LogP contribution in [0.5, 0.6) is 0 Å². The van der Waals surface area contributed by atoms with Crippen molar-refractivity contribution in [3.8, 4) is 11.4 Å². The average molecular weight is 391 g/mol. The van der Waals surface area contributed by atoms with Gasteiger partial charge in [0.05, 0.1) is 11.3 Å². The van der Waals surface area contributed by atoms with Crippen LogP contribution in [0.3, 0.4) is 0 Å². The van der Waals surface area contributed by atoms with Crippen molar-refractivity contribution >= 4 is 17.6 Å². The molecule has 1 unspecified atom stereocenters. The molecule has 1 atom stereocenters. The van der Waals surface area contributed by atoms with Gasteiger partial charge in [-0.2, -0.15) is 0 Å². The number of aromatic amines is 1. The molecule has 150 valence electrons. The molecule has 0 aliphatic carbocycles. The van der Waals surface area contributed by atoms with Crippen LogP contribution < -0.4 is 5.32 Å². The molecule has 6 nitrogen and oxygen atoms in total.